The quantitative estimate of drug-likeness (QED) is 0.524. The molecule has 31 heavy (non-hydrogen) atoms. The zero-order chi connectivity index (χ0) is 22.1. The minimum atomic E-state index is -0.792. The molecule has 0 aliphatic carbocycles. The van der Waals surface area contributed by atoms with Crippen molar-refractivity contribution in [1.82, 2.24) is 20.9 Å². The van der Waals surface area contributed by atoms with Gasteiger partial charge in [-0.1, -0.05) is 6.92 Å². The molecular weight excluding hydrogens is 398 g/mol. The molecule has 3 aliphatic rings. The predicted octanol–water partition coefficient (Wildman–Crippen LogP) is 0.641. The number of piperidine rings is 2. The molecule has 3 fully saturated rings. The van der Waals surface area contributed by atoms with Gasteiger partial charge in [0.2, 0.25) is 17.7 Å². The van der Waals surface area contributed by atoms with Gasteiger partial charge in [0.1, 0.15) is 6.29 Å². The lowest BCUT2D eigenvalue weighted by atomic mass is 9.81. The van der Waals surface area contributed by atoms with E-state index in [1.165, 1.54) is 6.92 Å². The molecule has 4 N–H and O–H groups in total. The molecular formula is C22H29N5O4. The van der Waals surface area contributed by atoms with Crippen LogP contribution in [0.3, 0.4) is 0 Å². The maximum Gasteiger partial charge on any atom is 0.229 e. The van der Waals surface area contributed by atoms with E-state index < -0.39 is 18.0 Å². The number of carbonyl (C=O) groups excluding carboxylic acids is 4. The Morgan fingerprint density at radius 2 is 1.87 bits per heavy atom. The van der Waals surface area contributed by atoms with Crippen molar-refractivity contribution in [3.63, 3.8) is 0 Å². The molecule has 5 atom stereocenters. The van der Waals surface area contributed by atoms with Crippen LogP contribution in [0.15, 0.2) is 24.3 Å². The molecule has 3 heterocycles. The second-order valence-corrected chi connectivity index (χ2v) is 8.82. The van der Waals surface area contributed by atoms with Crippen molar-refractivity contribution in [2.24, 2.45) is 17.8 Å². The Hall–Kier alpha value is -2.78. The summed E-state index contributed by atoms with van der Waals surface area (Å²) in [5.74, 6) is -1.90. The molecule has 0 aromatic heterocycles. The van der Waals surface area contributed by atoms with Crippen molar-refractivity contribution < 1.29 is 19.2 Å². The highest BCUT2D eigenvalue weighted by Gasteiger charge is 2.49. The topological polar surface area (TPSA) is 120 Å². The smallest absolute Gasteiger partial charge is 0.229 e. The van der Waals surface area contributed by atoms with E-state index in [-0.39, 0.29) is 36.2 Å². The minimum absolute atomic E-state index is 0.0565. The fraction of sp³-hybridized carbons (Fsp3) is 0.545. The zero-order valence-corrected chi connectivity index (χ0v) is 17.8. The summed E-state index contributed by atoms with van der Waals surface area (Å²) in [7, 11) is 0. The van der Waals surface area contributed by atoms with Crippen molar-refractivity contribution in [3.05, 3.63) is 29.8 Å². The first kappa shape index (κ1) is 21.5. The summed E-state index contributed by atoms with van der Waals surface area (Å²) in [6.45, 7) is 5.39. The van der Waals surface area contributed by atoms with E-state index in [1.54, 1.807) is 24.3 Å². The van der Waals surface area contributed by atoms with Crippen molar-refractivity contribution in [2.45, 2.75) is 45.6 Å². The van der Waals surface area contributed by atoms with E-state index in [4.69, 9.17) is 0 Å². The molecule has 1 aromatic rings. The lowest BCUT2D eigenvalue weighted by Crippen LogP contribution is -2.74. The molecule has 0 bridgehead atoms. The molecule has 3 aliphatic heterocycles. The van der Waals surface area contributed by atoms with Gasteiger partial charge in [-0.15, -0.1) is 0 Å². The lowest BCUT2D eigenvalue weighted by Gasteiger charge is -2.47. The summed E-state index contributed by atoms with van der Waals surface area (Å²) < 4.78 is 0. The van der Waals surface area contributed by atoms with Crippen LogP contribution in [0.4, 0.5) is 5.69 Å². The Bertz CT molecular complexity index is 886. The third-order valence-electron chi connectivity index (χ3n) is 6.38. The van der Waals surface area contributed by atoms with Crippen molar-refractivity contribution in [3.8, 4) is 0 Å². The Labute approximate surface area is 181 Å². The Kier molecular flexibility index (Phi) is 6.06. The number of ketones is 1. The van der Waals surface area contributed by atoms with Crippen LogP contribution >= 0.6 is 0 Å². The number of nitrogens with one attached hydrogen (secondary N) is 4. The van der Waals surface area contributed by atoms with E-state index in [2.05, 4.69) is 33.1 Å². The van der Waals surface area contributed by atoms with Gasteiger partial charge in [-0.2, -0.15) is 0 Å². The number of benzene rings is 1. The van der Waals surface area contributed by atoms with E-state index in [9.17, 15) is 19.2 Å². The van der Waals surface area contributed by atoms with Crippen LogP contribution in [0.5, 0.6) is 0 Å². The average Bonchev–Trinajstić information content (AvgIpc) is 2.73. The Morgan fingerprint density at radius 1 is 1.13 bits per heavy atom. The van der Waals surface area contributed by atoms with Gasteiger partial charge in [0.25, 0.3) is 0 Å². The van der Waals surface area contributed by atoms with Gasteiger partial charge in [0, 0.05) is 30.8 Å². The van der Waals surface area contributed by atoms with Crippen LogP contribution in [-0.4, -0.2) is 53.9 Å². The highest BCUT2D eigenvalue weighted by molar-refractivity contribution is 6.00. The molecule has 5 unspecified atom stereocenters. The lowest BCUT2D eigenvalue weighted by molar-refractivity contribution is -0.148. The molecule has 4 rings (SSSR count). The summed E-state index contributed by atoms with van der Waals surface area (Å²) >= 11 is 0. The van der Waals surface area contributed by atoms with Gasteiger partial charge >= 0.3 is 0 Å². The van der Waals surface area contributed by atoms with E-state index in [1.807, 2.05) is 0 Å². The number of likely N-dealkylation sites (tertiary alicyclic amines) is 1. The van der Waals surface area contributed by atoms with Crippen molar-refractivity contribution in [1.29, 1.82) is 0 Å². The van der Waals surface area contributed by atoms with Gasteiger partial charge < -0.3 is 16.0 Å². The molecule has 0 saturated carbocycles. The molecule has 9 heteroatoms. The Morgan fingerprint density at radius 3 is 2.55 bits per heavy atom. The molecule has 0 spiro atoms. The summed E-state index contributed by atoms with van der Waals surface area (Å²) in [5.41, 5.74) is 1.06. The minimum Gasteiger partial charge on any atom is -0.340 e. The van der Waals surface area contributed by atoms with E-state index >= 15 is 0 Å². The first-order chi connectivity index (χ1) is 14.8. The molecule has 0 radical (unpaired) electrons. The van der Waals surface area contributed by atoms with Crippen LogP contribution in [0.25, 0.3) is 0 Å². The molecule has 9 nitrogen and oxygen atoms in total. The van der Waals surface area contributed by atoms with Crippen LogP contribution in [0.2, 0.25) is 0 Å². The van der Waals surface area contributed by atoms with Gasteiger partial charge in [-0.3, -0.25) is 29.4 Å². The van der Waals surface area contributed by atoms with Crippen LogP contribution in [0, 0.1) is 17.8 Å². The highest BCUT2D eigenvalue weighted by atomic mass is 16.2. The summed E-state index contributed by atoms with van der Waals surface area (Å²) in [6, 6.07) is 6.55. The van der Waals surface area contributed by atoms with Crippen LogP contribution < -0.4 is 21.3 Å². The number of carbonyl (C=O) groups is 4. The monoisotopic (exact) mass is 427 g/mol. The Balaban J connectivity index is 1.46. The standard InChI is InChI=1S/C22H29N5O4/c1-12-4-3-9-27(11-12)22-25-19-18(21(31)26-22)16(10-17(29)24-19)20(30)23-15-7-5-14(6-8-15)13(2)28/h5-8,12,16,18-19,22,25H,3-4,9-11H2,1-2H3,(H,23,30)(H,24,29)(H,26,31). The number of anilines is 1. The third kappa shape index (κ3) is 4.62. The number of fused-ring (bicyclic) bond motifs is 1. The fourth-order valence-electron chi connectivity index (χ4n) is 4.74. The van der Waals surface area contributed by atoms with Crippen molar-refractivity contribution >= 4 is 29.2 Å². The number of nitrogens with zero attached hydrogens (tertiary/aromatic N) is 1. The number of Topliss-reactive ketones (excluding diaryl/α,β-unsaturated/α-hetero) is 1. The largest absolute Gasteiger partial charge is 0.340 e. The van der Waals surface area contributed by atoms with Gasteiger partial charge in [0.05, 0.1) is 18.0 Å². The molecule has 3 amide bonds. The maximum atomic E-state index is 13.0. The zero-order valence-electron chi connectivity index (χ0n) is 17.8. The first-order valence-electron chi connectivity index (χ1n) is 10.8. The van der Waals surface area contributed by atoms with Gasteiger partial charge in [0.15, 0.2) is 5.78 Å². The number of amides is 3. The first-order valence-corrected chi connectivity index (χ1v) is 10.8. The third-order valence-corrected chi connectivity index (χ3v) is 6.38. The summed E-state index contributed by atoms with van der Waals surface area (Å²) in [6.07, 6.45) is 1.20. The van der Waals surface area contributed by atoms with E-state index in [0.717, 1.165) is 25.9 Å². The van der Waals surface area contributed by atoms with Gasteiger partial charge in [-0.25, -0.2) is 0 Å². The second-order valence-electron chi connectivity index (χ2n) is 8.82. The number of hydrogen-bond donors (Lipinski definition) is 4. The average molecular weight is 428 g/mol. The SMILES string of the molecule is CC(=O)c1ccc(NC(=O)C2CC(=O)NC3NC(N4CCCC(C)C4)NC(=O)C32)cc1. The number of hydrogen-bond acceptors (Lipinski definition) is 6. The molecule has 166 valence electrons. The second kappa shape index (κ2) is 8.76. The molecule has 3 saturated heterocycles. The summed E-state index contributed by atoms with van der Waals surface area (Å²) in [4.78, 5) is 51.9. The molecule has 1 aromatic carbocycles. The predicted molar refractivity (Wildman–Crippen MR) is 114 cm³/mol. The van der Waals surface area contributed by atoms with E-state index in [0.29, 0.717) is 17.2 Å². The maximum absolute atomic E-state index is 13.0. The fourth-order valence-corrected chi connectivity index (χ4v) is 4.74. The van der Waals surface area contributed by atoms with Crippen LogP contribution in [0.1, 0.15) is 43.5 Å². The van der Waals surface area contributed by atoms with Gasteiger partial charge in [-0.05, 0) is 49.9 Å². The van der Waals surface area contributed by atoms with Crippen LogP contribution in [-0.2, 0) is 14.4 Å². The summed E-state index contributed by atoms with van der Waals surface area (Å²) in [5, 5.41) is 11.9. The van der Waals surface area contributed by atoms with Crippen molar-refractivity contribution in [2.75, 3.05) is 18.4 Å². The normalized spacial score (nSPS) is 31.2. The highest BCUT2D eigenvalue weighted by Crippen LogP contribution is 2.29. The number of rotatable bonds is 4.